The fraction of sp³-hybridized carbons (Fsp3) is 0.417. The topological polar surface area (TPSA) is 47.1 Å². The fourth-order valence-corrected chi connectivity index (χ4v) is 2.00. The molecule has 3 rings (SSSR count). The number of fused-ring (bicyclic) bond motifs is 1. The number of hydrogen-bond donors (Lipinski definition) is 1. The van der Waals surface area contributed by atoms with Crippen LogP contribution in [0.3, 0.4) is 0 Å². The van der Waals surface area contributed by atoms with Crippen LogP contribution < -0.4 is 0 Å². The number of nitrogens with zero attached hydrogens (tertiary/aromatic N) is 1. The van der Waals surface area contributed by atoms with Crippen molar-refractivity contribution in [3.63, 3.8) is 0 Å². The minimum Gasteiger partial charge on any atom is -0.376 e. The number of halogens is 3. The predicted octanol–water partition coefficient (Wildman–Crippen LogP) is 2.67. The second-order valence-electron chi connectivity index (χ2n) is 4.29. The largest absolute Gasteiger partial charge is 0.416 e. The third-order valence-electron chi connectivity index (χ3n) is 2.95. The molecule has 1 aliphatic rings. The summed E-state index contributed by atoms with van der Waals surface area (Å²) < 4.78 is 48.5. The van der Waals surface area contributed by atoms with Crippen LogP contribution in [0.1, 0.15) is 17.5 Å². The van der Waals surface area contributed by atoms with Gasteiger partial charge in [0.05, 0.1) is 36.4 Å². The second kappa shape index (κ2) is 4.50. The molecule has 1 unspecified atom stereocenters. The Balaban J connectivity index is 1.96. The van der Waals surface area contributed by atoms with Crippen molar-refractivity contribution in [1.82, 2.24) is 9.97 Å². The molecule has 0 saturated carbocycles. The van der Waals surface area contributed by atoms with E-state index in [1.807, 2.05) is 0 Å². The maximum Gasteiger partial charge on any atom is 0.416 e. The van der Waals surface area contributed by atoms with E-state index in [2.05, 4.69) is 9.97 Å². The van der Waals surface area contributed by atoms with Crippen molar-refractivity contribution in [2.45, 2.75) is 12.3 Å². The van der Waals surface area contributed by atoms with Crippen molar-refractivity contribution >= 4 is 11.0 Å². The van der Waals surface area contributed by atoms with E-state index in [0.717, 1.165) is 12.1 Å². The Morgan fingerprint density at radius 3 is 2.79 bits per heavy atom. The van der Waals surface area contributed by atoms with Crippen LogP contribution in [0.2, 0.25) is 0 Å². The van der Waals surface area contributed by atoms with Gasteiger partial charge in [0.15, 0.2) is 0 Å². The number of benzene rings is 1. The molecule has 1 aliphatic heterocycles. The van der Waals surface area contributed by atoms with Gasteiger partial charge in [-0.15, -0.1) is 0 Å². The lowest BCUT2D eigenvalue weighted by Gasteiger charge is -2.20. The molecule has 0 aliphatic carbocycles. The molecule has 2 aromatic rings. The van der Waals surface area contributed by atoms with Crippen molar-refractivity contribution in [1.29, 1.82) is 0 Å². The van der Waals surface area contributed by atoms with E-state index in [1.54, 1.807) is 0 Å². The van der Waals surface area contributed by atoms with Crippen LogP contribution in [0.5, 0.6) is 0 Å². The molecule has 19 heavy (non-hydrogen) atoms. The average molecular weight is 272 g/mol. The summed E-state index contributed by atoms with van der Waals surface area (Å²) in [5.41, 5.74) is 0.132. The number of aromatic amines is 1. The molecular weight excluding hydrogens is 261 g/mol. The number of hydrogen-bond acceptors (Lipinski definition) is 3. The molecule has 2 heterocycles. The van der Waals surface area contributed by atoms with Crippen molar-refractivity contribution in [3.8, 4) is 0 Å². The summed E-state index contributed by atoms with van der Waals surface area (Å²) >= 11 is 0. The Morgan fingerprint density at radius 1 is 1.26 bits per heavy atom. The molecule has 1 N–H and O–H groups in total. The van der Waals surface area contributed by atoms with Crippen LogP contribution in [0, 0.1) is 0 Å². The molecule has 1 atom stereocenters. The average Bonchev–Trinajstić information content (AvgIpc) is 2.81. The molecule has 0 spiro atoms. The molecular formula is C12H11F3N2O2. The number of rotatable bonds is 1. The van der Waals surface area contributed by atoms with Gasteiger partial charge in [-0.05, 0) is 18.2 Å². The molecule has 0 amide bonds. The number of nitrogens with one attached hydrogen (secondary N) is 1. The number of ether oxygens (including phenoxy) is 2. The molecule has 0 bridgehead atoms. The van der Waals surface area contributed by atoms with Crippen LogP contribution >= 0.6 is 0 Å². The van der Waals surface area contributed by atoms with E-state index in [0.29, 0.717) is 36.7 Å². The van der Waals surface area contributed by atoms with E-state index in [-0.39, 0.29) is 6.10 Å². The lowest BCUT2D eigenvalue weighted by atomic mass is 10.2. The van der Waals surface area contributed by atoms with E-state index >= 15 is 0 Å². The highest BCUT2D eigenvalue weighted by atomic mass is 19.4. The van der Waals surface area contributed by atoms with Gasteiger partial charge in [0.25, 0.3) is 0 Å². The van der Waals surface area contributed by atoms with E-state index in [1.165, 1.54) is 6.07 Å². The first-order valence-electron chi connectivity index (χ1n) is 5.80. The summed E-state index contributed by atoms with van der Waals surface area (Å²) in [4.78, 5) is 7.09. The quantitative estimate of drug-likeness (QED) is 0.868. The fourth-order valence-electron chi connectivity index (χ4n) is 2.00. The van der Waals surface area contributed by atoms with Gasteiger partial charge in [-0.25, -0.2) is 4.98 Å². The normalized spacial score (nSPS) is 20.9. The number of H-pyrrole nitrogens is 1. The third-order valence-corrected chi connectivity index (χ3v) is 2.95. The third kappa shape index (κ3) is 2.43. The monoisotopic (exact) mass is 272 g/mol. The molecule has 102 valence electrons. The van der Waals surface area contributed by atoms with Gasteiger partial charge < -0.3 is 14.5 Å². The van der Waals surface area contributed by atoms with Crippen molar-refractivity contribution in [3.05, 3.63) is 29.6 Å². The van der Waals surface area contributed by atoms with Gasteiger partial charge in [0.2, 0.25) is 0 Å². The van der Waals surface area contributed by atoms with Crippen molar-refractivity contribution in [2.75, 3.05) is 19.8 Å². The Hall–Kier alpha value is -1.60. The summed E-state index contributed by atoms with van der Waals surface area (Å²) in [6.07, 6.45) is -4.71. The zero-order valence-corrected chi connectivity index (χ0v) is 9.83. The zero-order valence-electron chi connectivity index (χ0n) is 9.83. The highest BCUT2D eigenvalue weighted by Crippen LogP contribution is 2.31. The predicted molar refractivity (Wildman–Crippen MR) is 60.6 cm³/mol. The summed E-state index contributed by atoms with van der Waals surface area (Å²) in [5.74, 6) is 0.494. The van der Waals surface area contributed by atoms with E-state index in [4.69, 9.17) is 9.47 Å². The van der Waals surface area contributed by atoms with Gasteiger partial charge in [-0.3, -0.25) is 0 Å². The van der Waals surface area contributed by atoms with Crippen LogP contribution in [0.25, 0.3) is 11.0 Å². The molecule has 1 saturated heterocycles. The van der Waals surface area contributed by atoms with Crippen LogP contribution in [-0.2, 0) is 15.7 Å². The van der Waals surface area contributed by atoms with E-state index < -0.39 is 11.7 Å². The molecule has 4 nitrogen and oxygen atoms in total. The summed E-state index contributed by atoms with van der Waals surface area (Å²) in [5, 5.41) is 0. The van der Waals surface area contributed by atoms with Gasteiger partial charge in [0, 0.05) is 0 Å². The second-order valence-corrected chi connectivity index (χ2v) is 4.29. The Kier molecular flexibility index (Phi) is 2.94. The van der Waals surface area contributed by atoms with Crippen molar-refractivity contribution in [2.24, 2.45) is 0 Å². The van der Waals surface area contributed by atoms with Crippen molar-refractivity contribution < 1.29 is 22.6 Å². The zero-order chi connectivity index (χ0) is 13.5. The first-order valence-corrected chi connectivity index (χ1v) is 5.80. The van der Waals surface area contributed by atoms with Gasteiger partial charge >= 0.3 is 6.18 Å². The molecule has 1 aromatic heterocycles. The summed E-state index contributed by atoms with van der Waals surface area (Å²) in [7, 11) is 0. The Morgan fingerprint density at radius 2 is 2.11 bits per heavy atom. The minimum absolute atomic E-state index is 0.346. The summed E-state index contributed by atoms with van der Waals surface area (Å²) in [6, 6.07) is 3.42. The molecule has 1 aromatic carbocycles. The Bertz CT molecular complexity index is 588. The maximum absolute atomic E-state index is 12.6. The number of alkyl halides is 3. The van der Waals surface area contributed by atoms with Gasteiger partial charge in [0.1, 0.15) is 11.9 Å². The summed E-state index contributed by atoms with van der Waals surface area (Å²) in [6.45, 7) is 1.33. The lowest BCUT2D eigenvalue weighted by molar-refractivity contribution is -0.137. The van der Waals surface area contributed by atoms with Gasteiger partial charge in [-0.1, -0.05) is 0 Å². The molecule has 7 heteroatoms. The molecule has 0 radical (unpaired) electrons. The SMILES string of the molecule is FC(F)(F)c1ccc2nc(C3COCCO3)[nH]c2c1. The van der Waals surface area contributed by atoms with Gasteiger partial charge in [-0.2, -0.15) is 13.2 Å². The number of imidazole rings is 1. The van der Waals surface area contributed by atoms with Crippen LogP contribution in [-0.4, -0.2) is 29.8 Å². The maximum atomic E-state index is 12.6. The number of aromatic nitrogens is 2. The smallest absolute Gasteiger partial charge is 0.376 e. The first kappa shape index (κ1) is 12.4. The molecule has 1 fully saturated rings. The first-order chi connectivity index (χ1) is 9.04. The lowest BCUT2D eigenvalue weighted by Crippen LogP contribution is -2.22. The highest BCUT2D eigenvalue weighted by Gasteiger charge is 2.31. The van der Waals surface area contributed by atoms with E-state index in [9.17, 15) is 13.2 Å². The Labute approximate surface area is 106 Å². The highest BCUT2D eigenvalue weighted by molar-refractivity contribution is 5.76. The van der Waals surface area contributed by atoms with Crippen LogP contribution in [0.15, 0.2) is 18.2 Å². The standard InChI is InChI=1S/C12H11F3N2O2/c13-12(14,15)7-1-2-8-9(5-7)17-11(16-8)10-6-18-3-4-19-10/h1-2,5,10H,3-4,6H2,(H,16,17). The minimum atomic E-state index is -4.36. The van der Waals surface area contributed by atoms with Crippen LogP contribution in [0.4, 0.5) is 13.2 Å².